The summed E-state index contributed by atoms with van der Waals surface area (Å²) in [5.74, 6) is 4.84. The Labute approximate surface area is 206 Å². The minimum absolute atomic E-state index is 0.781. The van der Waals surface area contributed by atoms with Gasteiger partial charge in [0, 0.05) is 0 Å². The van der Waals surface area contributed by atoms with Gasteiger partial charge in [0.15, 0.2) is 0 Å². The van der Waals surface area contributed by atoms with Gasteiger partial charge in [-0.2, -0.15) is 0 Å². The Morgan fingerprint density at radius 1 is 0.576 bits per heavy atom. The standard InChI is InChI=1S/C32H54O/c1-3-5-7-8-9-12-28-14-16-29(17-15-28)13-10-26-33-32-24-22-31(23-25-32)30-20-18-27(19-21-30)11-6-4-2/h22-25,27-30H,3-21,26H2,1-2H3/t27-,28-,29-,30-. The molecule has 188 valence electrons. The van der Waals surface area contributed by atoms with Crippen molar-refractivity contribution >= 4 is 0 Å². The first kappa shape index (κ1) is 26.6. The number of hydrogen-bond donors (Lipinski definition) is 0. The van der Waals surface area contributed by atoms with Crippen LogP contribution in [0.25, 0.3) is 0 Å². The monoisotopic (exact) mass is 454 g/mol. The lowest BCUT2D eigenvalue weighted by atomic mass is 9.77. The van der Waals surface area contributed by atoms with E-state index < -0.39 is 0 Å². The van der Waals surface area contributed by atoms with E-state index in [9.17, 15) is 0 Å². The van der Waals surface area contributed by atoms with E-state index in [4.69, 9.17) is 4.74 Å². The molecule has 0 atom stereocenters. The summed E-state index contributed by atoms with van der Waals surface area (Å²) < 4.78 is 6.11. The van der Waals surface area contributed by atoms with Crippen molar-refractivity contribution in [1.29, 1.82) is 0 Å². The Kier molecular flexibility index (Phi) is 12.8. The predicted octanol–water partition coefficient (Wildman–Crippen LogP) is 10.5. The van der Waals surface area contributed by atoms with Crippen molar-refractivity contribution in [2.24, 2.45) is 17.8 Å². The van der Waals surface area contributed by atoms with Gasteiger partial charge in [-0.15, -0.1) is 0 Å². The maximum absolute atomic E-state index is 6.11. The van der Waals surface area contributed by atoms with Gasteiger partial charge in [-0.05, 0) is 79.9 Å². The highest BCUT2D eigenvalue weighted by molar-refractivity contribution is 5.29. The van der Waals surface area contributed by atoms with E-state index in [0.717, 1.165) is 36.0 Å². The van der Waals surface area contributed by atoms with Crippen LogP contribution in [0.1, 0.15) is 147 Å². The number of hydrogen-bond acceptors (Lipinski definition) is 1. The van der Waals surface area contributed by atoms with E-state index in [-0.39, 0.29) is 0 Å². The molecule has 1 aromatic carbocycles. The average Bonchev–Trinajstić information content (AvgIpc) is 2.87. The lowest BCUT2D eigenvalue weighted by Crippen LogP contribution is -2.15. The van der Waals surface area contributed by atoms with Gasteiger partial charge in [-0.1, -0.05) is 109 Å². The van der Waals surface area contributed by atoms with Crippen molar-refractivity contribution in [2.45, 2.75) is 142 Å². The minimum Gasteiger partial charge on any atom is -0.494 e. The molecule has 0 aliphatic heterocycles. The van der Waals surface area contributed by atoms with Crippen molar-refractivity contribution in [1.82, 2.24) is 0 Å². The Balaban J connectivity index is 1.23. The topological polar surface area (TPSA) is 9.23 Å². The van der Waals surface area contributed by atoms with Crippen LogP contribution in [0.3, 0.4) is 0 Å². The van der Waals surface area contributed by atoms with Crippen LogP contribution in [0.4, 0.5) is 0 Å². The van der Waals surface area contributed by atoms with E-state index in [1.54, 1.807) is 5.56 Å². The Morgan fingerprint density at radius 2 is 1.09 bits per heavy atom. The number of ether oxygens (including phenoxy) is 1. The molecular formula is C32H54O. The molecule has 0 heterocycles. The second kappa shape index (κ2) is 15.8. The lowest BCUT2D eigenvalue weighted by Gasteiger charge is -2.29. The summed E-state index contributed by atoms with van der Waals surface area (Å²) in [6.45, 7) is 5.51. The summed E-state index contributed by atoms with van der Waals surface area (Å²) in [6.07, 6.45) is 27.0. The third-order valence-electron chi connectivity index (χ3n) is 8.87. The molecule has 33 heavy (non-hydrogen) atoms. The molecule has 0 spiro atoms. The van der Waals surface area contributed by atoms with Gasteiger partial charge in [-0.3, -0.25) is 0 Å². The smallest absolute Gasteiger partial charge is 0.119 e. The zero-order valence-electron chi connectivity index (χ0n) is 22.2. The van der Waals surface area contributed by atoms with Crippen molar-refractivity contribution in [3.05, 3.63) is 29.8 Å². The van der Waals surface area contributed by atoms with Gasteiger partial charge in [-0.25, -0.2) is 0 Å². The van der Waals surface area contributed by atoms with E-state index in [0.29, 0.717) is 0 Å². The van der Waals surface area contributed by atoms with Crippen LogP contribution >= 0.6 is 0 Å². The molecule has 0 radical (unpaired) electrons. The molecule has 0 bridgehead atoms. The zero-order chi connectivity index (χ0) is 23.1. The summed E-state index contributed by atoms with van der Waals surface area (Å²) >= 11 is 0. The summed E-state index contributed by atoms with van der Waals surface area (Å²) in [5, 5.41) is 0. The summed E-state index contributed by atoms with van der Waals surface area (Å²) in [4.78, 5) is 0. The second-order valence-electron chi connectivity index (χ2n) is 11.5. The number of rotatable bonds is 15. The van der Waals surface area contributed by atoms with Crippen molar-refractivity contribution in [2.75, 3.05) is 6.61 Å². The van der Waals surface area contributed by atoms with Gasteiger partial charge in [0.05, 0.1) is 6.61 Å². The summed E-state index contributed by atoms with van der Waals surface area (Å²) in [7, 11) is 0. The summed E-state index contributed by atoms with van der Waals surface area (Å²) in [5.41, 5.74) is 1.54. The van der Waals surface area contributed by atoms with E-state index in [2.05, 4.69) is 38.1 Å². The number of unbranched alkanes of at least 4 members (excludes halogenated alkanes) is 5. The Hall–Kier alpha value is -0.980. The van der Waals surface area contributed by atoms with Crippen LogP contribution in [0.15, 0.2) is 24.3 Å². The highest BCUT2D eigenvalue weighted by Gasteiger charge is 2.22. The fourth-order valence-corrected chi connectivity index (χ4v) is 6.52. The molecule has 2 aliphatic carbocycles. The van der Waals surface area contributed by atoms with E-state index in [1.807, 2.05) is 0 Å². The molecule has 0 amide bonds. The van der Waals surface area contributed by atoms with Crippen LogP contribution in [-0.2, 0) is 0 Å². The first-order chi connectivity index (χ1) is 16.3. The predicted molar refractivity (Wildman–Crippen MR) is 144 cm³/mol. The quantitative estimate of drug-likeness (QED) is 0.239. The molecular weight excluding hydrogens is 400 g/mol. The molecule has 2 aliphatic rings. The Bertz CT molecular complexity index is 589. The first-order valence-electron chi connectivity index (χ1n) is 15.0. The third-order valence-corrected chi connectivity index (χ3v) is 8.87. The molecule has 2 saturated carbocycles. The van der Waals surface area contributed by atoms with Crippen LogP contribution in [0.5, 0.6) is 5.75 Å². The molecule has 0 saturated heterocycles. The van der Waals surface area contributed by atoms with Crippen LogP contribution in [0.2, 0.25) is 0 Å². The van der Waals surface area contributed by atoms with Gasteiger partial charge >= 0.3 is 0 Å². The highest BCUT2D eigenvalue weighted by atomic mass is 16.5. The average molecular weight is 455 g/mol. The molecule has 0 unspecified atom stereocenters. The fraction of sp³-hybridized carbons (Fsp3) is 0.812. The minimum atomic E-state index is 0.781. The van der Waals surface area contributed by atoms with Gasteiger partial charge in [0.2, 0.25) is 0 Å². The van der Waals surface area contributed by atoms with Crippen LogP contribution < -0.4 is 4.74 Å². The maximum Gasteiger partial charge on any atom is 0.119 e. The van der Waals surface area contributed by atoms with Gasteiger partial charge in [0.1, 0.15) is 5.75 Å². The zero-order valence-corrected chi connectivity index (χ0v) is 22.2. The first-order valence-corrected chi connectivity index (χ1v) is 15.0. The van der Waals surface area contributed by atoms with E-state index >= 15 is 0 Å². The molecule has 0 aromatic heterocycles. The van der Waals surface area contributed by atoms with Crippen LogP contribution in [-0.4, -0.2) is 6.61 Å². The second-order valence-corrected chi connectivity index (χ2v) is 11.5. The SMILES string of the molecule is CCCCCCC[C@H]1CC[C@H](CCCOc2ccc([C@H]3CC[C@H](CCCC)CC3)cc2)CC1. The van der Waals surface area contributed by atoms with Gasteiger partial charge < -0.3 is 4.74 Å². The van der Waals surface area contributed by atoms with E-state index in [1.165, 1.54) is 122 Å². The largest absolute Gasteiger partial charge is 0.494 e. The maximum atomic E-state index is 6.11. The van der Waals surface area contributed by atoms with Crippen molar-refractivity contribution < 1.29 is 4.74 Å². The molecule has 0 N–H and O–H groups in total. The van der Waals surface area contributed by atoms with Crippen molar-refractivity contribution in [3.8, 4) is 5.75 Å². The van der Waals surface area contributed by atoms with Crippen molar-refractivity contribution in [3.63, 3.8) is 0 Å². The Morgan fingerprint density at radius 3 is 1.70 bits per heavy atom. The number of benzene rings is 1. The summed E-state index contributed by atoms with van der Waals surface area (Å²) in [6, 6.07) is 9.14. The lowest BCUT2D eigenvalue weighted by molar-refractivity contribution is 0.228. The molecule has 1 nitrogen and oxygen atoms in total. The molecule has 1 heteroatoms. The molecule has 1 aromatic rings. The normalized spacial score (nSPS) is 25.8. The fourth-order valence-electron chi connectivity index (χ4n) is 6.52. The molecule has 3 rings (SSSR count). The highest BCUT2D eigenvalue weighted by Crippen LogP contribution is 2.38. The molecule has 2 fully saturated rings. The van der Waals surface area contributed by atoms with Crippen LogP contribution in [0, 0.1) is 17.8 Å². The van der Waals surface area contributed by atoms with Gasteiger partial charge in [0.25, 0.3) is 0 Å². The third kappa shape index (κ3) is 10.0.